The molecule has 0 aliphatic rings. The van der Waals surface area contributed by atoms with E-state index in [1.807, 2.05) is 72.8 Å². The molecule has 0 aliphatic carbocycles. The molecular formula is C21H18N6O. The molecule has 0 aliphatic heterocycles. The van der Waals surface area contributed by atoms with Gasteiger partial charge >= 0.3 is 0 Å². The van der Waals surface area contributed by atoms with E-state index in [4.69, 9.17) is 4.74 Å². The Morgan fingerprint density at radius 3 is 2.54 bits per heavy atom. The fraction of sp³-hybridized carbons (Fsp3) is 0.0476. The summed E-state index contributed by atoms with van der Waals surface area (Å²) in [7, 11) is 0. The molecule has 0 spiro atoms. The first-order valence-corrected chi connectivity index (χ1v) is 8.79. The summed E-state index contributed by atoms with van der Waals surface area (Å²) < 4.78 is 5.95. The molecular weight excluding hydrogens is 352 g/mol. The molecule has 0 unspecified atom stereocenters. The molecule has 7 heteroatoms. The highest BCUT2D eigenvalue weighted by atomic mass is 16.5. The number of nitrogens with zero attached hydrogens (tertiary/aromatic N) is 4. The van der Waals surface area contributed by atoms with Gasteiger partial charge in [-0.25, -0.2) is 0 Å². The molecule has 4 rings (SSSR count). The van der Waals surface area contributed by atoms with Crippen LogP contribution in [0.3, 0.4) is 0 Å². The first-order valence-electron chi connectivity index (χ1n) is 8.79. The number of para-hydroxylation sites is 3. The van der Waals surface area contributed by atoms with E-state index >= 15 is 0 Å². The highest BCUT2D eigenvalue weighted by Gasteiger charge is 2.07. The second-order valence-corrected chi connectivity index (χ2v) is 5.88. The van der Waals surface area contributed by atoms with Gasteiger partial charge in [0.25, 0.3) is 0 Å². The van der Waals surface area contributed by atoms with Crippen LogP contribution in [0.25, 0.3) is 0 Å². The van der Waals surface area contributed by atoms with Gasteiger partial charge in [0, 0.05) is 6.20 Å². The SMILES string of the molecule is c1ccc(Oc2ccccc2Nc2nncc(NCc3ccccn3)n2)cc1. The second kappa shape index (κ2) is 8.59. The fourth-order valence-electron chi connectivity index (χ4n) is 2.52. The topological polar surface area (TPSA) is 84.9 Å². The largest absolute Gasteiger partial charge is 0.455 e. The van der Waals surface area contributed by atoms with Crippen molar-refractivity contribution in [2.75, 3.05) is 10.6 Å². The minimum atomic E-state index is 0.370. The number of pyridine rings is 1. The zero-order chi connectivity index (χ0) is 19.0. The minimum absolute atomic E-state index is 0.370. The van der Waals surface area contributed by atoms with Gasteiger partial charge in [0.15, 0.2) is 11.6 Å². The van der Waals surface area contributed by atoms with Gasteiger partial charge in [-0.05, 0) is 36.4 Å². The summed E-state index contributed by atoms with van der Waals surface area (Å²) in [6, 6.07) is 23.0. The van der Waals surface area contributed by atoms with Crippen LogP contribution in [0.15, 0.2) is 85.2 Å². The van der Waals surface area contributed by atoms with Crippen molar-refractivity contribution in [3.05, 3.63) is 90.9 Å². The number of hydrogen-bond donors (Lipinski definition) is 2. The third-order valence-electron chi connectivity index (χ3n) is 3.84. The molecule has 0 saturated heterocycles. The maximum absolute atomic E-state index is 5.95. The monoisotopic (exact) mass is 370 g/mol. The highest BCUT2D eigenvalue weighted by Crippen LogP contribution is 2.30. The summed E-state index contributed by atoms with van der Waals surface area (Å²) in [5.41, 5.74) is 1.66. The van der Waals surface area contributed by atoms with Crippen molar-refractivity contribution in [1.82, 2.24) is 20.2 Å². The lowest BCUT2D eigenvalue weighted by molar-refractivity contribution is 0.485. The summed E-state index contributed by atoms with van der Waals surface area (Å²) >= 11 is 0. The molecule has 0 atom stereocenters. The van der Waals surface area contributed by atoms with Gasteiger partial charge in [0.2, 0.25) is 5.95 Å². The van der Waals surface area contributed by atoms with E-state index in [1.165, 1.54) is 0 Å². The minimum Gasteiger partial charge on any atom is -0.455 e. The molecule has 2 aromatic heterocycles. The van der Waals surface area contributed by atoms with E-state index in [0.717, 1.165) is 17.1 Å². The molecule has 28 heavy (non-hydrogen) atoms. The average Bonchev–Trinajstić information content (AvgIpc) is 2.75. The molecule has 0 radical (unpaired) electrons. The van der Waals surface area contributed by atoms with Crippen molar-refractivity contribution in [2.45, 2.75) is 6.54 Å². The Morgan fingerprint density at radius 1 is 0.857 bits per heavy atom. The van der Waals surface area contributed by atoms with E-state index < -0.39 is 0 Å². The Balaban J connectivity index is 1.47. The average molecular weight is 370 g/mol. The molecule has 0 saturated carbocycles. The molecule has 0 fully saturated rings. The van der Waals surface area contributed by atoms with Crippen LogP contribution in [0.2, 0.25) is 0 Å². The number of benzene rings is 2. The van der Waals surface area contributed by atoms with Gasteiger partial charge in [-0.3, -0.25) is 4.98 Å². The van der Waals surface area contributed by atoms with Crippen molar-refractivity contribution >= 4 is 17.5 Å². The van der Waals surface area contributed by atoms with Crippen molar-refractivity contribution in [3.8, 4) is 11.5 Å². The zero-order valence-electron chi connectivity index (χ0n) is 15.0. The van der Waals surface area contributed by atoms with E-state index in [0.29, 0.717) is 24.1 Å². The summed E-state index contributed by atoms with van der Waals surface area (Å²) in [5, 5.41) is 14.4. The van der Waals surface area contributed by atoms with Crippen LogP contribution < -0.4 is 15.4 Å². The third kappa shape index (κ3) is 4.59. The summed E-state index contributed by atoms with van der Waals surface area (Å²) in [6.45, 7) is 0.548. The molecule has 0 bridgehead atoms. The normalized spacial score (nSPS) is 10.3. The van der Waals surface area contributed by atoms with Crippen LogP contribution in [-0.4, -0.2) is 20.2 Å². The maximum atomic E-state index is 5.95. The number of hydrogen-bond acceptors (Lipinski definition) is 7. The van der Waals surface area contributed by atoms with Crippen LogP contribution >= 0.6 is 0 Å². The van der Waals surface area contributed by atoms with Crippen LogP contribution in [0, 0.1) is 0 Å². The predicted molar refractivity (Wildman–Crippen MR) is 108 cm³/mol. The van der Waals surface area contributed by atoms with Gasteiger partial charge in [0.1, 0.15) is 5.75 Å². The third-order valence-corrected chi connectivity index (χ3v) is 3.84. The van der Waals surface area contributed by atoms with Crippen LogP contribution in [0.1, 0.15) is 5.69 Å². The van der Waals surface area contributed by atoms with E-state index in [2.05, 4.69) is 30.8 Å². The Morgan fingerprint density at radius 2 is 1.68 bits per heavy atom. The lowest BCUT2D eigenvalue weighted by atomic mass is 10.3. The number of ether oxygens (including phenoxy) is 1. The van der Waals surface area contributed by atoms with Gasteiger partial charge in [-0.1, -0.05) is 36.4 Å². The van der Waals surface area contributed by atoms with Crippen molar-refractivity contribution in [3.63, 3.8) is 0 Å². The van der Waals surface area contributed by atoms with Crippen molar-refractivity contribution in [2.24, 2.45) is 0 Å². The number of rotatable bonds is 7. The quantitative estimate of drug-likeness (QED) is 0.498. The van der Waals surface area contributed by atoms with E-state index in [1.54, 1.807) is 12.4 Å². The molecule has 0 amide bonds. The van der Waals surface area contributed by atoms with E-state index in [9.17, 15) is 0 Å². The highest BCUT2D eigenvalue weighted by molar-refractivity contribution is 5.63. The molecule has 2 N–H and O–H groups in total. The summed E-state index contributed by atoms with van der Waals surface area (Å²) in [4.78, 5) is 8.73. The molecule has 2 aromatic carbocycles. The smallest absolute Gasteiger partial charge is 0.249 e. The Labute approximate surface area is 162 Å². The Kier molecular flexibility index (Phi) is 5.34. The Bertz CT molecular complexity index is 1030. The molecule has 138 valence electrons. The van der Waals surface area contributed by atoms with Gasteiger partial charge in [-0.2, -0.15) is 10.1 Å². The first kappa shape index (κ1) is 17.4. The maximum Gasteiger partial charge on any atom is 0.249 e. The van der Waals surface area contributed by atoms with E-state index in [-0.39, 0.29) is 0 Å². The van der Waals surface area contributed by atoms with Gasteiger partial charge in [-0.15, -0.1) is 5.10 Å². The second-order valence-electron chi connectivity index (χ2n) is 5.88. The van der Waals surface area contributed by atoms with Gasteiger partial charge in [0.05, 0.1) is 24.1 Å². The molecule has 4 aromatic rings. The van der Waals surface area contributed by atoms with Crippen LogP contribution in [0.4, 0.5) is 17.5 Å². The van der Waals surface area contributed by atoms with Crippen LogP contribution in [0.5, 0.6) is 11.5 Å². The van der Waals surface area contributed by atoms with Crippen LogP contribution in [-0.2, 0) is 6.54 Å². The first-order chi connectivity index (χ1) is 13.9. The lowest BCUT2D eigenvalue weighted by Crippen LogP contribution is -2.06. The predicted octanol–water partition coefficient (Wildman–Crippen LogP) is 4.41. The molecule has 2 heterocycles. The van der Waals surface area contributed by atoms with Crippen molar-refractivity contribution < 1.29 is 4.74 Å². The molecule has 7 nitrogen and oxygen atoms in total. The summed E-state index contributed by atoms with van der Waals surface area (Å²) in [6.07, 6.45) is 3.33. The number of anilines is 3. The number of nitrogens with one attached hydrogen (secondary N) is 2. The van der Waals surface area contributed by atoms with Gasteiger partial charge < -0.3 is 15.4 Å². The standard InChI is InChI=1S/C21H18N6O/c1-2-9-17(10-3-1)28-19-12-5-4-11-18(19)25-21-26-20(15-24-27-21)23-14-16-8-6-7-13-22-16/h1-13,15H,14H2,(H2,23,25,26,27). The summed E-state index contributed by atoms with van der Waals surface area (Å²) in [5.74, 6) is 2.39. The van der Waals surface area contributed by atoms with Crippen molar-refractivity contribution in [1.29, 1.82) is 0 Å². The lowest BCUT2D eigenvalue weighted by Gasteiger charge is -2.12. The number of aromatic nitrogens is 4. The zero-order valence-corrected chi connectivity index (χ0v) is 15.0. The Hall–Kier alpha value is -4.00. The fourth-order valence-corrected chi connectivity index (χ4v) is 2.52.